The molecule has 6 heteroatoms. The first-order chi connectivity index (χ1) is 12.1. The first-order valence-corrected chi connectivity index (χ1v) is 9.06. The Labute approximate surface area is 148 Å². The first kappa shape index (κ1) is 17.7. The van der Waals surface area contributed by atoms with Crippen LogP contribution >= 0.6 is 0 Å². The average molecular weight is 345 g/mol. The number of ether oxygens (including phenoxy) is 1. The zero-order chi connectivity index (χ0) is 17.9. The summed E-state index contributed by atoms with van der Waals surface area (Å²) < 4.78 is 5.89. The third kappa shape index (κ3) is 3.49. The summed E-state index contributed by atoms with van der Waals surface area (Å²) in [5.41, 5.74) is 1.77. The van der Waals surface area contributed by atoms with Crippen LogP contribution in [0.1, 0.15) is 43.0 Å². The van der Waals surface area contributed by atoms with Gasteiger partial charge in [-0.1, -0.05) is 12.5 Å². The molecule has 2 aliphatic rings. The van der Waals surface area contributed by atoms with E-state index in [0.29, 0.717) is 17.7 Å². The molecule has 0 radical (unpaired) electrons. The lowest BCUT2D eigenvalue weighted by Crippen LogP contribution is -2.64. The Morgan fingerprint density at radius 2 is 2.12 bits per heavy atom. The molecule has 0 bridgehead atoms. The van der Waals surface area contributed by atoms with Crippen molar-refractivity contribution < 1.29 is 14.3 Å². The lowest BCUT2D eigenvalue weighted by atomic mass is 9.51. The van der Waals surface area contributed by atoms with Gasteiger partial charge in [-0.15, -0.1) is 0 Å². The van der Waals surface area contributed by atoms with E-state index in [9.17, 15) is 9.59 Å². The van der Waals surface area contributed by atoms with Crippen LogP contribution in [-0.2, 0) is 9.53 Å². The van der Waals surface area contributed by atoms with Gasteiger partial charge in [0.2, 0.25) is 5.91 Å². The number of nitrogens with one attached hydrogen (secondary N) is 3. The van der Waals surface area contributed by atoms with Gasteiger partial charge in [-0.05, 0) is 44.4 Å². The lowest BCUT2D eigenvalue weighted by Gasteiger charge is -2.61. The number of rotatable bonds is 7. The van der Waals surface area contributed by atoms with Crippen LogP contribution in [-0.4, -0.2) is 44.2 Å². The number of likely N-dealkylation sites (N-methyl/N-ethyl adjacent to an activating group) is 1. The van der Waals surface area contributed by atoms with E-state index in [4.69, 9.17) is 4.74 Å². The highest BCUT2D eigenvalue weighted by atomic mass is 16.5. The summed E-state index contributed by atoms with van der Waals surface area (Å²) in [6.07, 6.45) is 5.07. The van der Waals surface area contributed by atoms with Gasteiger partial charge in [0.1, 0.15) is 0 Å². The molecule has 136 valence electrons. The van der Waals surface area contributed by atoms with Crippen molar-refractivity contribution in [1.29, 1.82) is 0 Å². The second kappa shape index (κ2) is 7.44. The molecular formula is C19H27N3O3. The Balaban J connectivity index is 1.61. The maximum Gasteiger partial charge on any atom is 0.251 e. The molecule has 1 aromatic rings. The molecule has 2 atom stereocenters. The van der Waals surface area contributed by atoms with Crippen molar-refractivity contribution in [1.82, 2.24) is 10.6 Å². The van der Waals surface area contributed by atoms with E-state index in [1.54, 1.807) is 13.1 Å². The molecule has 25 heavy (non-hydrogen) atoms. The van der Waals surface area contributed by atoms with Gasteiger partial charge in [0.25, 0.3) is 5.91 Å². The molecule has 2 fully saturated rings. The normalized spacial score (nSPS) is 23.3. The van der Waals surface area contributed by atoms with Crippen molar-refractivity contribution in [3.05, 3.63) is 29.8 Å². The van der Waals surface area contributed by atoms with Crippen molar-refractivity contribution in [2.75, 3.05) is 25.5 Å². The van der Waals surface area contributed by atoms with Crippen LogP contribution < -0.4 is 16.0 Å². The number of hydrogen-bond acceptors (Lipinski definition) is 4. The minimum atomic E-state index is -0.244. The van der Waals surface area contributed by atoms with Crippen molar-refractivity contribution >= 4 is 17.5 Å². The summed E-state index contributed by atoms with van der Waals surface area (Å²) in [4.78, 5) is 23.4. The van der Waals surface area contributed by atoms with Crippen molar-refractivity contribution in [2.45, 2.75) is 44.8 Å². The standard InChI is InChI=1S/C19H27N3O3/c1-3-25-16-11-15(19(16)8-5-9-19)22-14-7-4-6-13(10-14)18(24)21-12-17(23)20-2/h4,6-7,10,15-16,22H,3,5,8-9,11-12H2,1-2H3,(H,20,23)(H,21,24)/t15-,16-/m1/s1. The SMILES string of the molecule is CCO[C@@H]1C[C@@H](Nc2cccc(C(=O)NCC(=O)NC)c2)C12CCC2. The maximum absolute atomic E-state index is 12.2. The summed E-state index contributed by atoms with van der Waals surface area (Å²) in [5.74, 6) is -0.461. The predicted octanol–water partition coefficient (Wildman–Crippen LogP) is 1.92. The molecule has 0 aromatic heterocycles. The van der Waals surface area contributed by atoms with Crippen LogP contribution in [0.25, 0.3) is 0 Å². The quantitative estimate of drug-likeness (QED) is 0.705. The highest BCUT2D eigenvalue weighted by molar-refractivity contribution is 5.97. The van der Waals surface area contributed by atoms with E-state index < -0.39 is 0 Å². The van der Waals surface area contributed by atoms with Gasteiger partial charge in [-0.2, -0.15) is 0 Å². The molecule has 0 aliphatic heterocycles. The molecular weight excluding hydrogens is 318 g/mol. The Morgan fingerprint density at radius 3 is 2.76 bits per heavy atom. The van der Waals surface area contributed by atoms with Crippen molar-refractivity contribution in [3.8, 4) is 0 Å². The van der Waals surface area contributed by atoms with E-state index in [-0.39, 0.29) is 23.8 Å². The topological polar surface area (TPSA) is 79.5 Å². The molecule has 3 N–H and O–H groups in total. The molecule has 2 aliphatic carbocycles. The molecule has 2 saturated carbocycles. The highest BCUT2D eigenvalue weighted by Gasteiger charge is 2.58. The number of anilines is 1. The predicted molar refractivity (Wildman–Crippen MR) is 96.6 cm³/mol. The van der Waals surface area contributed by atoms with Crippen molar-refractivity contribution in [2.24, 2.45) is 5.41 Å². The van der Waals surface area contributed by atoms with Crippen LogP contribution in [0, 0.1) is 5.41 Å². The number of benzene rings is 1. The van der Waals surface area contributed by atoms with E-state index in [1.807, 2.05) is 25.1 Å². The maximum atomic E-state index is 12.2. The van der Waals surface area contributed by atoms with E-state index in [0.717, 1.165) is 18.7 Å². The number of amides is 2. The monoisotopic (exact) mass is 345 g/mol. The summed E-state index contributed by atoms with van der Waals surface area (Å²) >= 11 is 0. The second-order valence-electron chi connectivity index (χ2n) is 6.90. The van der Waals surface area contributed by atoms with Crippen LogP contribution in [0.15, 0.2) is 24.3 Å². The van der Waals surface area contributed by atoms with Gasteiger partial charge in [0.05, 0.1) is 12.6 Å². The molecule has 0 unspecified atom stereocenters. The highest BCUT2D eigenvalue weighted by Crippen LogP contribution is 2.58. The summed E-state index contributed by atoms with van der Waals surface area (Å²) in [6.45, 7) is 2.79. The average Bonchev–Trinajstić information content (AvgIpc) is 2.57. The van der Waals surface area contributed by atoms with Gasteiger partial charge in [0.15, 0.2) is 0 Å². The fourth-order valence-electron chi connectivity index (χ4n) is 3.94. The number of carbonyl (C=O) groups excluding carboxylic acids is 2. The smallest absolute Gasteiger partial charge is 0.251 e. The first-order valence-electron chi connectivity index (χ1n) is 9.06. The molecule has 0 saturated heterocycles. The number of carbonyl (C=O) groups is 2. The third-order valence-electron chi connectivity index (χ3n) is 5.59. The Kier molecular flexibility index (Phi) is 5.27. The molecule has 6 nitrogen and oxygen atoms in total. The zero-order valence-electron chi connectivity index (χ0n) is 14.9. The lowest BCUT2D eigenvalue weighted by molar-refractivity contribution is -0.157. The largest absolute Gasteiger partial charge is 0.382 e. The molecule has 1 aromatic carbocycles. The fourth-order valence-corrected chi connectivity index (χ4v) is 3.94. The van der Waals surface area contributed by atoms with Gasteiger partial charge in [0, 0.05) is 36.4 Å². The van der Waals surface area contributed by atoms with E-state index in [2.05, 4.69) is 16.0 Å². The number of hydrogen-bond donors (Lipinski definition) is 3. The molecule has 0 heterocycles. The van der Waals surface area contributed by atoms with Crippen LogP contribution in [0.2, 0.25) is 0 Å². The van der Waals surface area contributed by atoms with Gasteiger partial charge >= 0.3 is 0 Å². The van der Waals surface area contributed by atoms with Gasteiger partial charge in [-0.3, -0.25) is 9.59 Å². The molecule has 2 amide bonds. The Hall–Kier alpha value is -2.08. The summed E-state index contributed by atoms with van der Waals surface area (Å²) in [7, 11) is 1.55. The van der Waals surface area contributed by atoms with E-state index in [1.165, 1.54) is 19.3 Å². The Morgan fingerprint density at radius 1 is 1.32 bits per heavy atom. The summed E-state index contributed by atoms with van der Waals surface area (Å²) in [6, 6.07) is 7.85. The Bertz CT molecular complexity index is 643. The van der Waals surface area contributed by atoms with Crippen LogP contribution in [0.4, 0.5) is 5.69 Å². The van der Waals surface area contributed by atoms with Crippen LogP contribution in [0.5, 0.6) is 0 Å². The fraction of sp³-hybridized carbons (Fsp3) is 0.579. The van der Waals surface area contributed by atoms with Gasteiger partial charge < -0.3 is 20.7 Å². The molecule has 3 rings (SSSR count). The van der Waals surface area contributed by atoms with Crippen LogP contribution in [0.3, 0.4) is 0 Å². The minimum Gasteiger partial charge on any atom is -0.382 e. The second-order valence-corrected chi connectivity index (χ2v) is 6.90. The third-order valence-corrected chi connectivity index (χ3v) is 5.59. The minimum absolute atomic E-state index is 0.0191. The zero-order valence-corrected chi connectivity index (χ0v) is 14.9. The molecule has 1 spiro atoms. The van der Waals surface area contributed by atoms with Crippen molar-refractivity contribution in [3.63, 3.8) is 0 Å². The van der Waals surface area contributed by atoms with E-state index >= 15 is 0 Å². The van der Waals surface area contributed by atoms with Gasteiger partial charge in [-0.25, -0.2) is 0 Å². The summed E-state index contributed by atoms with van der Waals surface area (Å²) in [5, 5.41) is 8.70.